The van der Waals surface area contributed by atoms with Gasteiger partial charge < -0.3 is 20.6 Å². The summed E-state index contributed by atoms with van der Waals surface area (Å²) < 4.78 is 2.00. The Morgan fingerprint density at radius 2 is 1.86 bits per heavy atom. The van der Waals surface area contributed by atoms with E-state index < -0.39 is 0 Å². The lowest BCUT2D eigenvalue weighted by molar-refractivity contribution is 0.766. The molecule has 2 aromatic heterocycles. The zero-order chi connectivity index (χ0) is 24.2. The summed E-state index contributed by atoms with van der Waals surface area (Å²) in [5.74, 6) is 5.62. The molecule has 2 aromatic carbocycles. The van der Waals surface area contributed by atoms with E-state index in [0.29, 0.717) is 35.4 Å². The zero-order valence-corrected chi connectivity index (χ0v) is 19.8. The highest BCUT2D eigenvalue weighted by molar-refractivity contribution is 5.82. The van der Waals surface area contributed by atoms with Crippen molar-refractivity contribution in [1.82, 2.24) is 20.3 Å². The number of aromatic nitrogens is 2. The number of hydrazine groups is 1. The van der Waals surface area contributed by atoms with Crippen LogP contribution in [0.1, 0.15) is 30.6 Å². The van der Waals surface area contributed by atoms with Gasteiger partial charge >= 0.3 is 0 Å². The Morgan fingerprint density at radius 3 is 2.54 bits per heavy atom. The second-order valence-electron chi connectivity index (χ2n) is 8.84. The van der Waals surface area contributed by atoms with Crippen LogP contribution in [0.15, 0.2) is 84.1 Å². The minimum Gasteiger partial charge on any atom is -0.380 e. The van der Waals surface area contributed by atoms with Gasteiger partial charge in [-0.1, -0.05) is 54.6 Å². The summed E-state index contributed by atoms with van der Waals surface area (Å²) in [7, 11) is 0. The highest BCUT2D eigenvalue weighted by Crippen LogP contribution is 2.25. The molecule has 180 valence electrons. The second kappa shape index (κ2) is 10.0. The van der Waals surface area contributed by atoms with Crippen LogP contribution < -0.4 is 27.3 Å². The number of anilines is 1. The molecule has 0 bridgehead atoms. The molecule has 0 fully saturated rings. The molecule has 1 aliphatic carbocycles. The Balaban J connectivity index is 0.00000304. The molecule has 0 saturated heterocycles. The Kier molecular flexibility index (Phi) is 6.50. The van der Waals surface area contributed by atoms with Gasteiger partial charge in [-0.15, -0.1) is 0 Å². The van der Waals surface area contributed by atoms with Gasteiger partial charge in [0, 0.05) is 33.0 Å². The Morgan fingerprint density at radius 1 is 1.14 bits per heavy atom. The number of hydrogen-bond acceptors (Lipinski definition) is 6. The number of nitrogens with two attached hydrogens (primary N) is 1. The van der Waals surface area contributed by atoms with E-state index in [0.717, 1.165) is 24.1 Å². The monoisotopic (exact) mass is 468 g/mol. The lowest BCUT2D eigenvalue weighted by Crippen LogP contribution is -2.25. The fraction of sp³-hybridized carbons (Fsp3) is 0.214. The molecule has 4 aromatic rings. The van der Waals surface area contributed by atoms with E-state index in [-0.39, 0.29) is 12.9 Å². The minimum absolute atomic E-state index is 0. The average Bonchev–Trinajstić information content (AvgIpc) is 3.30. The predicted molar refractivity (Wildman–Crippen MR) is 144 cm³/mol. The molecule has 0 aliphatic heterocycles. The van der Waals surface area contributed by atoms with E-state index in [2.05, 4.69) is 45.3 Å². The van der Waals surface area contributed by atoms with Gasteiger partial charge in [0.05, 0.1) is 28.5 Å². The van der Waals surface area contributed by atoms with Gasteiger partial charge in [-0.05, 0) is 42.5 Å². The van der Waals surface area contributed by atoms with Gasteiger partial charge in [0.15, 0.2) is 5.43 Å². The average molecular weight is 469 g/mol. The van der Waals surface area contributed by atoms with Crippen LogP contribution in [0.25, 0.3) is 16.7 Å². The summed E-state index contributed by atoms with van der Waals surface area (Å²) >= 11 is 0. The Hall–Kier alpha value is -4.10. The first-order chi connectivity index (χ1) is 17.2. The van der Waals surface area contributed by atoms with Crippen LogP contribution >= 0.6 is 0 Å². The highest BCUT2D eigenvalue weighted by atomic mass is 16.1. The van der Waals surface area contributed by atoms with Crippen LogP contribution in [0.2, 0.25) is 0 Å². The van der Waals surface area contributed by atoms with E-state index in [1.165, 1.54) is 11.1 Å². The summed E-state index contributed by atoms with van der Waals surface area (Å²) in [4.78, 5) is 18.3. The number of rotatable bonds is 8. The van der Waals surface area contributed by atoms with Crippen molar-refractivity contribution in [2.45, 2.75) is 38.9 Å². The number of nitrogens with zero attached hydrogens (tertiary/aromatic N) is 2. The van der Waals surface area contributed by atoms with E-state index in [1.54, 1.807) is 6.20 Å². The lowest BCUT2D eigenvalue weighted by atomic mass is 10.1. The molecule has 0 unspecified atom stereocenters. The smallest absolute Gasteiger partial charge is 0.200 e. The van der Waals surface area contributed by atoms with Crippen molar-refractivity contribution in [2.24, 2.45) is 5.84 Å². The third-order valence-electron chi connectivity index (χ3n) is 6.52. The number of pyridine rings is 2. The maximum atomic E-state index is 13.7. The van der Waals surface area contributed by atoms with Gasteiger partial charge in [-0.3, -0.25) is 10.6 Å². The second-order valence-corrected chi connectivity index (χ2v) is 8.84. The Labute approximate surface area is 206 Å². The summed E-state index contributed by atoms with van der Waals surface area (Å²) in [5.41, 5.74) is 9.06. The van der Waals surface area contributed by atoms with Crippen LogP contribution in [-0.4, -0.2) is 15.6 Å². The molecule has 0 radical (unpaired) electrons. The quantitative estimate of drug-likeness (QED) is 0.232. The summed E-state index contributed by atoms with van der Waals surface area (Å²) in [6, 6.07) is 20.8. The van der Waals surface area contributed by atoms with Crippen molar-refractivity contribution in [2.75, 3.05) is 5.32 Å². The first kappa shape index (κ1) is 22.7. The van der Waals surface area contributed by atoms with E-state index in [9.17, 15) is 4.79 Å². The van der Waals surface area contributed by atoms with Gasteiger partial charge in [-0.25, -0.2) is 4.98 Å². The molecule has 0 saturated carbocycles. The van der Waals surface area contributed by atoms with E-state index >= 15 is 0 Å². The lowest BCUT2D eigenvalue weighted by Gasteiger charge is -2.17. The topological polar surface area (TPSA) is 97.0 Å². The van der Waals surface area contributed by atoms with Gasteiger partial charge in [0.2, 0.25) is 0 Å². The van der Waals surface area contributed by atoms with Crippen molar-refractivity contribution in [3.8, 4) is 0 Å². The maximum absolute atomic E-state index is 13.7. The van der Waals surface area contributed by atoms with E-state index in [4.69, 9.17) is 5.84 Å². The normalized spacial score (nSPS) is 13.6. The maximum Gasteiger partial charge on any atom is 0.200 e. The zero-order valence-electron chi connectivity index (χ0n) is 19.8. The fourth-order valence-electron chi connectivity index (χ4n) is 4.78. The SMILES string of the molecule is CCn1cc(/C(=C/NN)NCc2ccccc2)c(=O)c2cc(NC3Cc4ccccc4C3)cnc21.[HH]. The van der Waals surface area contributed by atoms with E-state index in [1.807, 2.05) is 60.3 Å². The number of aryl methyl sites for hydroxylation is 1. The summed E-state index contributed by atoms with van der Waals surface area (Å²) in [6.45, 7) is 3.29. The molecule has 0 spiro atoms. The number of hydrogen-bond donors (Lipinski definition) is 4. The van der Waals surface area contributed by atoms with Crippen LogP contribution in [0, 0.1) is 0 Å². The van der Waals surface area contributed by atoms with Crippen molar-refractivity contribution >= 4 is 22.4 Å². The molecule has 0 amide bonds. The summed E-state index contributed by atoms with van der Waals surface area (Å²) in [5, 5.41) is 7.53. The van der Waals surface area contributed by atoms with Crippen molar-refractivity contribution in [1.29, 1.82) is 0 Å². The minimum atomic E-state index is -0.0855. The van der Waals surface area contributed by atoms with Crippen molar-refractivity contribution in [3.63, 3.8) is 0 Å². The molecule has 7 heteroatoms. The Bertz CT molecular complexity index is 1410. The fourth-order valence-corrected chi connectivity index (χ4v) is 4.78. The molecule has 0 atom stereocenters. The van der Waals surface area contributed by atoms with Gasteiger partial charge in [-0.2, -0.15) is 0 Å². The first-order valence-corrected chi connectivity index (χ1v) is 12.0. The molecule has 7 nitrogen and oxygen atoms in total. The summed E-state index contributed by atoms with van der Waals surface area (Å²) in [6.07, 6.45) is 7.22. The number of fused-ring (bicyclic) bond motifs is 2. The molecular weight excluding hydrogens is 436 g/mol. The van der Waals surface area contributed by atoms with Crippen LogP contribution in [0.4, 0.5) is 5.69 Å². The van der Waals surface area contributed by atoms with Gasteiger partial charge in [0.25, 0.3) is 0 Å². The third-order valence-corrected chi connectivity index (χ3v) is 6.52. The third kappa shape index (κ3) is 4.76. The molecule has 5 N–H and O–H groups in total. The number of benzene rings is 2. The van der Waals surface area contributed by atoms with Crippen molar-refractivity contribution in [3.05, 3.63) is 112 Å². The standard InChI is InChI=1S/C28H30N6O.H2/c1-2-34-18-25(26(17-32-29)30-15-19-8-4-3-5-9-19)27(35)24-14-23(16-31-28(24)34)33-22-12-20-10-6-7-11-21(20)13-22;/h3-11,14,16-18,22,30,32-33H,2,12-13,15,29H2,1H3;1H/b26-17-;. The molecule has 35 heavy (non-hydrogen) atoms. The van der Waals surface area contributed by atoms with Crippen LogP contribution in [-0.2, 0) is 25.9 Å². The van der Waals surface area contributed by atoms with Gasteiger partial charge in [0.1, 0.15) is 5.65 Å². The van der Waals surface area contributed by atoms with Crippen LogP contribution in [0.5, 0.6) is 0 Å². The van der Waals surface area contributed by atoms with Crippen LogP contribution in [0.3, 0.4) is 0 Å². The molecule has 2 heterocycles. The largest absolute Gasteiger partial charge is 0.380 e. The number of nitrogens with one attached hydrogen (secondary N) is 3. The molecule has 5 rings (SSSR count). The molecular formula is C28H32N6O. The molecule has 1 aliphatic rings. The first-order valence-electron chi connectivity index (χ1n) is 12.0. The predicted octanol–water partition coefficient (Wildman–Crippen LogP) is 3.79. The van der Waals surface area contributed by atoms with Crippen molar-refractivity contribution < 1.29 is 1.43 Å². The highest BCUT2D eigenvalue weighted by Gasteiger charge is 2.21.